The average molecular weight is 335 g/mol. The molecule has 4 nitrogen and oxygen atoms in total. The second-order valence-electron chi connectivity index (χ2n) is 4.84. The van der Waals surface area contributed by atoms with Gasteiger partial charge in [-0.05, 0) is 17.7 Å². The maximum Gasteiger partial charge on any atom is 0.304 e. The third-order valence-corrected chi connectivity index (χ3v) is 4.44. The maximum absolute atomic E-state index is 11.8. The molecule has 1 rings (SSSR count). The van der Waals surface area contributed by atoms with Gasteiger partial charge < -0.3 is 5.11 Å². The predicted octanol–water partition coefficient (Wildman–Crippen LogP) is 2.60. The van der Waals surface area contributed by atoms with Crippen LogP contribution in [0.5, 0.6) is 0 Å². The highest BCUT2D eigenvalue weighted by Crippen LogP contribution is 2.37. The molecule has 0 radical (unpaired) electrons. The van der Waals surface area contributed by atoms with Gasteiger partial charge in [-0.3, -0.25) is 4.79 Å². The summed E-state index contributed by atoms with van der Waals surface area (Å²) in [4.78, 5) is 11.1. The number of carboxylic acids is 1. The van der Waals surface area contributed by atoms with Gasteiger partial charge in [0, 0.05) is 16.1 Å². The van der Waals surface area contributed by atoms with E-state index >= 15 is 0 Å². The molecule has 0 amide bonds. The number of hydrogen-bond donors (Lipinski definition) is 1. The summed E-state index contributed by atoms with van der Waals surface area (Å²) in [5.41, 5.74) is -0.264. The molecule has 1 N–H and O–H groups in total. The van der Waals surface area contributed by atoms with Crippen molar-refractivity contribution in [2.45, 2.75) is 30.6 Å². The zero-order chi connectivity index (χ0) is 14.1. The number of carboxylic acid groups (broad SMARTS) is 1. The van der Waals surface area contributed by atoms with Crippen molar-refractivity contribution in [3.8, 4) is 0 Å². The van der Waals surface area contributed by atoms with Crippen LogP contribution in [0.1, 0.15) is 25.8 Å². The van der Waals surface area contributed by atoms with Crippen molar-refractivity contribution in [3.63, 3.8) is 0 Å². The quantitative estimate of drug-likeness (QED) is 0.918. The van der Waals surface area contributed by atoms with E-state index in [0.29, 0.717) is 10.0 Å². The van der Waals surface area contributed by atoms with Gasteiger partial charge in [-0.2, -0.15) is 0 Å². The van der Waals surface area contributed by atoms with Crippen molar-refractivity contribution in [1.29, 1.82) is 0 Å². The molecule has 0 saturated heterocycles. The predicted molar refractivity (Wildman–Crippen MR) is 72.5 cm³/mol. The fourth-order valence-electron chi connectivity index (χ4n) is 1.94. The van der Waals surface area contributed by atoms with E-state index in [-0.39, 0.29) is 11.3 Å². The molecule has 18 heavy (non-hydrogen) atoms. The Morgan fingerprint density at radius 3 is 2.39 bits per heavy atom. The first kappa shape index (κ1) is 15.2. The molecular formula is C12H15BrO4S. The highest BCUT2D eigenvalue weighted by molar-refractivity contribution is 9.10. The lowest BCUT2D eigenvalue weighted by atomic mass is 9.81. The SMILES string of the molecule is CC(C)(CC(=O)O)c1c(Br)cccc1S(C)(=O)=O. The van der Waals surface area contributed by atoms with E-state index in [1.165, 1.54) is 6.07 Å². The van der Waals surface area contributed by atoms with Gasteiger partial charge in [0.25, 0.3) is 0 Å². The highest BCUT2D eigenvalue weighted by atomic mass is 79.9. The minimum atomic E-state index is -3.40. The molecule has 0 aliphatic carbocycles. The van der Waals surface area contributed by atoms with Crippen molar-refractivity contribution >= 4 is 31.7 Å². The molecule has 0 spiro atoms. The van der Waals surface area contributed by atoms with E-state index < -0.39 is 21.2 Å². The number of aliphatic carboxylic acids is 1. The third kappa shape index (κ3) is 3.32. The highest BCUT2D eigenvalue weighted by Gasteiger charge is 2.31. The van der Waals surface area contributed by atoms with Gasteiger partial charge in [0.2, 0.25) is 0 Å². The molecule has 1 aromatic carbocycles. The van der Waals surface area contributed by atoms with Gasteiger partial charge in [0.15, 0.2) is 9.84 Å². The number of carbonyl (C=O) groups is 1. The van der Waals surface area contributed by atoms with Gasteiger partial charge in [-0.15, -0.1) is 0 Å². The molecule has 0 saturated carbocycles. The Hall–Kier alpha value is -0.880. The summed E-state index contributed by atoms with van der Waals surface area (Å²) in [5, 5.41) is 8.93. The standard InChI is InChI=1S/C12H15BrO4S/c1-12(2,7-10(14)15)11-8(13)5-4-6-9(11)18(3,16)17/h4-6H,7H2,1-3H3,(H,14,15). The molecule has 0 fully saturated rings. The normalized spacial score (nSPS) is 12.4. The molecule has 0 atom stereocenters. The van der Waals surface area contributed by atoms with Crippen LogP contribution in [0.4, 0.5) is 0 Å². The molecule has 1 aromatic rings. The van der Waals surface area contributed by atoms with Crippen LogP contribution in [-0.2, 0) is 20.0 Å². The Morgan fingerprint density at radius 1 is 1.39 bits per heavy atom. The molecule has 0 aromatic heterocycles. The van der Waals surface area contributed by atoms with Crippen molar-refractivity contribution in [2.24, 2.45) is 0 Å². The Morgan fingerprint density at radius 2 is 1.94 bits per heavy atom. The topological polar surface area (TPSA) is 71.4 Å². The second-order valence-corrected chi connectivity index (χ2v) is 7.68. The number of hydrogen-bond acceptors (Lipinski definition) is 3. The first-order valence-electron chi connectivity index (χ1n) is 5.26. The summed E-state index contributed by atoms with van der Waals surface area (Å²) >= 11 is 3.31. The van der Waals surface area contributed by atoms with Crippen LogP contribution in [0.15, 0.2) is 27.6 Å². The maximum atomic E-state index is 11.8. The molecule has 100 valence electrons. The monoisotopic (exact) mass is 334 g/mol. The van der Waals surface area contributed by atoms with E-state index in [0.717, 1.165) is 6.26 Å². The van der Waals surface area contributed by atoms with Crippen LogP contribution >= 0.6 is 15.9 Å². The summed E-state index contributed by atoms with van der Waals surface area (Å²) in [5.74, 6) is -0.963. The zero-order valence-electron chi connectivity index (χ0n) is 10.4. The molecule has 0 heterocycles. The largest absolute Gasteiger partial charge is 0.481 e. The molecule has 0 aliphatic rings. The molecule has 0 aliphatic heterocycles. The van der Waals surface area contributed by atoms with E-state index in [1.807, 2.05) is 0 Å². The summed E-state index contributed by atoms with van der Waals surface area (Å²) in [6, 6.07) is 4.84. The number of rotatable bonds is 4. The molecule has 6 heteroatoms. The lowest BCUT2D eigenvalue weighted by Crippen LogP contribution is -2.25. The number of sulfone groups is 1. The van der Waals surface area contributed by atoms with E-state index in [4.69, 9.17) is 5.11 Å². The van der Waals surface area contributed by atoms with Crippen molar-refractivity contribution < 1.29 is 18.3 Å². The minimum absolute atomic E-state index is 0.141. The van der Waals surface area contributed by atoms with Gasteiger partial charge >= 0.3 is 5.97 Å². The minimum Gasteiger partial charge on any atom is -0.481 e. The fraction of sp³-hybridized carbons (Fsp3) is 0.417. The Bertz CT molecular complexity index is 576. The first-order chi connectivity index (χ1) is 8.05. The van der Waals surface area contributed by atoms with Crippen molar-refractivity contribution in [3.05, 3.63) is 28.2 Å². The number of halogens is 1. The number of benzene rings is 1. The van der Waals surface area contributed by atoms with Crippen LogP contribution < -0.4 is 0 Å². The Kier molecular flexibility index (Phi) is 4.23. The Labute approximate surface area is 115 Å². The van der Waals surface area contributed by atoms with Crippen molar-refractivity contribution in [1.82, 2.24) is 0 Å². The first-order valence-corrected chi connectivity index (χ1v) is 7.95. The van der Waals surface area contributed by atoms with Gasteiger partial charge in [0.1, 0.15) is 0 Å². The van der Waals surface area contributed by atoms with Crippen LogP contribution in [0.25, 0.3) is 0 Å². The summed E-state index contributed by atoms with van der Waals surface area (Å²) in [6.07, 6.45) is 0.979. The smallest absolute Gasteiger partial charge is 0.304 e. The van der Waals surface area contributed by atoms with Gasteiger partial charge in [0.05, 0.1) is 11.3 Å². The van der Waals surface area contributed by atoms with Crippen molar-refractivity contribution in [2.75, 3.05) is 6.26 Å². The third-order valence-electron chi connectivity index (χ3n) is 2.64. The zero-order valence-corrected chi connectivity index (χ0v) is 12.8. The van der Waals surface area contributed by atoms with Crippen LogP contribution in [0.3, 0.4) is 0 Å². The van der Waals surface area contributed by atoms with E-state index in [9.17, 15) is 13.2 Å². The summed E-state index contributed by atoms with van der Waals surface area (Å²) in [7, 11) is -3.40. The van der Waals surface area contributed by atoms with Crippen LogP contribution in [0.2, 0.25) is 0 Å². The summed E-state index contributed by atoms with van der Waals surface area (Å²) < 4.78 is 24.1. The Balaban J connectivity index is 3.53. The molecule has 0 bridgehead atoms. The van der Waals surface area contributed by atoms with Gasteiger partial charge in [-0.1, -0.05) is 35.8 Å². The van der Waals surface area contributed by atoms with Crippen LogP contribution in [0, 0.1) is 0 Å². The van der Waals surface area contributed by atoms with E-state index in [2.05, 4.69) is 15.9 Å². The van der Waals surface area contributed by atoms with Crippen LogP contribution in [-0.4, -0.2) is 25.7 Å². The molecule has 0 unspecified atom stereocenters. The van der Waals surface area contributed by atoms with Gasteiger partial charge in [-0.25, -0.2) is 8.42 Å². The second kappa shape index (κ2) is 5.01. The van der Waals surface area contributed by atoms with E-state index in [1.54, 1.807) is 26.0 Å². The fourth-order valence-corrected chi connectivity index (χ4v) is 4.05. The average Bonchev–Trinajstić information content (AvgIpc) is 2.13. The lowest BCUT2D eigenvalue weighted by molar-refractivity contribution is -0.138. The molecular weight excluding hydrogens is 320 g/mol. The lowest BCUT2D eigenvalue weighted by Gasteiger charge is -2.26. The summed E-state index contributed by atoms with van der Waals surface area (Å²) in [6.45, 7) is 3.44.